The van der Waals surface area contributed by atoms with Crippen molar-refractivity contribution in [2.24, 2.45) is 0 Å². The van der Waals surface area contributed by atoms with Gasteiger partial charge in [-0.2, -0.15) is 5.10 Å². The Morgan fingerprint density at radius 3 is 2.73 bits per heavy atom. The topological polar surface area (TPSA) is 110 Å². The molecule has 4 aromatic rings. The van der Waals surface area contributed by atoms with Crippen LogP contribution in [0, 0.1) is 5.82 Å². The Hall–Kier alpha value is -4.29. The Labute approximate surface area is 231 Å². The van der Waals surface area contributed by atoms with Crippen molar-refractivity contribution in [1.82, 2.24) is 29.5 Å². The van der Waals surface area contributed by atoms with Crippen molar-refractivity contribution >= 4 is 34.0 Å². The summed E-state index contributed by atoms with van der Waals surface area (Å²) in [4.78, 5) is 26.0. The molecule has 11 nitrogen and oxygen atoms in total. The number of likely N-dealkylation sites (N-methyl/N-ethyl adjacent to an activating group) is 1. The number of nitrogens with one attached hydrogen (secondary N) is 2. The molecule has 0 saturated carbocycles. The van der Waals surface area contributed by atoms with E-state index in [9.17, 15) is 9.18 Å². The highest BCUT2D eigenvalue weighted by molar-refractivity contribution is 5.93. The fourth-order valence-electron chi connectivity index (χ4n) is 4.54. The number of halogens is 1. The molecule has 0 unspecified atom stereocenters. The minimum Gasteiger partial charge on any atom is -0.493 e. The van der Waals surface area contributed by atoms with Crippen LogP contribution in [0.2, 0.25) is 0 Å². The number of rotatable bonds is 11. The number of aromatic nitrogens is 4. The zero-order chi connectivity index (χ0) is 27.9. The molecule has 3 heterocycles. The standard InChI is InChI=1S/C28H33FN8O3/c1-35-8-10-36(11-9-35)7-4-12-40-26-15-24-23(14-25(26)39-2)28(31-19-30-24)34-22-16-32-37(17-22)18-27(38)33-21-6-3-5-20(29)13-21/h3,5-6,13-17,19H,4,7-12,18H2,1-2H3,(H,33,38)(H,30,31,34). The fourth-order valence-corrected chi connectivity index (χ4v) is 4.54. The normalized spacial score (nSPS) is 14.3. The Bertz CT molecular complexity index is 1450. The van der Waals surface area contributed by atoms with Gasteiger partial charge in [0.25, 0.3) is 0 Å². The molecule has 1 saturated heterocycles. The van der Waals surface area contributed by atoms with Crippen molar-refractivity contribution in [3.05, 3.63) is 60.9 Å². The number of amides is 1. The summed E-state index contributed by atoms with van der Waals surface area (Å²) in [6.07, 6.45) is 5.68. The molecule has 2 N–H and O–H groups in total. The number of piperazine rings is 1. The molecule has 0 aliphatic carbocycles. The summed E-state index contributed by atoms with van der Waals surface area (Å²) in [6.45, 7) is 5.92. The van der Waals surface area contributed by atoms with Gasteiger partial charge in [-0.15, -0.1) is 0 Å². The number of methoxy groups -OCH3 is 1. The Morgan fingerprint density at radius 2 is 1.93 bits per heavy atom. The monoisotopic (exact) mass is 548 g/mol. The highest BCUT2D eigenvalue weighted by atomic mass is 19.1. The smallest absolute Gasteiger partial charge is 0.246 e. The molecule has 210 valence electrons. The van der Waals surface area contributed by atoms with E-state index in [0.29, 0.717) is 40.8 Å². The first-order chi connectivity index (χ1) is 19.5. The number of ether oxygens (including phenoxy) is 2. The molecule has 2 aromatic carbocycles. The summed E-state index contributed by atoms with van der Waals surface area (Å²) in [5, 5.41) is 10.9. The van der Waals surface area contributed by atoms with Gasteiger partial charge in [0.05, 0.1) is 31.1 Å². The Kier molecular flexibility index (Phi) is 8.67. The van der Waals surface area contributed by atoms with E-state index >= 15 is 0 Å². The minimum atomic E-state index is -0.419. The van der Waals surface area contributed by atoms with E-state index in [-0.39, 0.29) is 12.5 Å². The molecule has 1 fully saturated rings. The highest BCUT2D eigenvalue weighted by Crippen LogP contribution is 2.34. The van der Waals surface area contributed by atoms with Crippen molar-refractivity contribution in [1.29, 1.82) is 0 Å². The van der Waals surface area contributed by atoms with Gasteiger partial charge in [-0.1, -0.05) is 6.07 Å². The molecule has 0 radical (unpaired) electrons. The van der Waals surface area contributed by atoms with Crippen LogP contribution in [0.25, 0.3) is 10.9 Å². The molecule has 0 spiro atoms. The summed E-state index contributed by atoms with van der Waals surface area (Å²) in [6, 6.07) is 9.44. The van der Waals surface area contributed by atoms with Gasteiger partial charge in [0.2, 0.25) is 5.91 Å². The molecular formula is C28H33FN8O3. The lowest BCUT2D eigenvalue weighted by molar-refractivity contribution is -0.116. The average Bonchev–Trinajstić information content (AvgIpc) is 3.38. The second kappa shape index (κ2) is 12.7. The van der Waals surface area contributed by atoms with Crippen LogP contribution in [0.4, 0.5) is 21.6 Å². The van der Waals surface area contributed by atoms with Gasteiger partial charge in [0, 0.05) is 56.1 Å². The lowest BCUT2D eigenvalue weighted by atomic mass is 10.2. The molecule has 1 aliphatic heterocycles. The minimum absolute atomic E-state index is 0.0357. The second-order valence-electron chi connectivity index (χ2n) is 9.70. The maximum absolute atomic E-state index is 13.4. The van der Waals surface area contributed by atoms with Crippen molar-refractivity contribution in [2.45, 2.75) is 13.0 Å². The number of nitrogens with zero attached hydrogens (tertiary/aromatic N) is 6. The first kappa shape index (κ1) is 27.3. The Balaban J connectivity index is 1.20. The van der Waals surface area contributed by atoms with E-state index in [1.807, 2.05) is 12.1 Å². The van der Waals surface area contributed by atoms with Crippen LogP contribution >= 0.6 is 0 Å². The van der Waals surface area contributed by atoms with Gasteiger partial charge in [0.1, 0.15) is 24.5 Å². The van der Waals surface area contributed by atoms with Crippen molar-refractivity contribution in [3.8, 4) is 11.5 Å². The van der Waals surface area contributed by atoms with Crippen molar-refractivity contribution in [3.63, 3.8) is 0 Å². The fraction of sp³-hybridized carbons (Fsp3) is 0.357. The Morgan fingerprint density at radius 1 is 1.07 bits per heavy atom. The summed E-state index contributed by atoms with van der Waals surface area (Å²) >= 11 is 0. The van der Waals surface area contributed by atoms with Crippen LogP contribution in [0.3, 0.4) is 0 Å². The van der Waals surface area contributed by atoms with E-state index in [2.05, 4.69) is 42.5 Å². The molecule has 0 atom stereocenters. The number of hydrogen-bond donors (Lipinski definition) is 2. The first-order valence-corrected chi connectivity index (χ1v) is 13.2. The van der Waals surface area contributed by atoms with Gasteiger partial charge < -0.3 is 29.9 Å². The van der Waals surface area contributed by atoms with Gasteiger partial charge >= 0.3 is 0 Å². The summed E-state index contributed by atoms with van der Waals surface area (Å²) in [5.74, 6) is 1.05. The SMILES string of the molecule is COc1cc2c(Nc3cnn(CC(=O)Nc4cccc(F)c4)c3)ncnc2cc1OCCCN1CCN(C)CC1. The largest absolute Gasteiger partial charge is 0.493 e. The van der Waals surface area contributed by atoms with E-state index < -0.39 is 5.82 Å². The summed E-state index contributed by atoms with van der Waals surface area (Å²) < 4.78 is 26.5. The maximum atomic E-state index is 13.4. The van der Waals surface area contributed by atoms with Crippen LogP contribution in [0.5, 0.6) is 11.5 Å². The number of carbonyl (C=O) groups excluding carboxylic acids is 1. The summed E-state index contributed by atoms with van der Waals surface area (Å²) in [7, 11) is 3.76. The maximum Gasteiger partial charge on any atom is 0.246 e. The number of carbonyl (C=O) groups is 1. The first-order valence-electron chi connectivity index (χ1n) is 13.2. The zero-order valence-corrected chi connectivity index (χ0v) is 22.6. The predicted octanol–water partition coefficient (Wildman–Crippen LogP) is 3.37. The molecule has 0 bridgehead atoms. The molecule has 12 heteroatoms. The second-order valence-corrected chi connectivity index (χ2v) is 9.70. The van der Waals surface area contributed by atoms with Crippen molar-refractivity contribution in [2.75, 3.05) is 64.1 Å². The van der Waals surface area contributed by atoms with Crippen molar-refractivity contribution < 1.29 is 18.7 Å². The van der Waals surface area contributed by atoms with Gasteiger partial charge in [-0.05, 0) is 37.7 Å². The molecule has 1 amide bonds. The van der Waals surface area contributed by atoms with Gasteiger partial charge in [-0.25, -0.2) is 14.4 Å². The number of hydrogen-bond acceptors (Lipinski definition) is 9. The molecule has 5 rings (SSSR count). The number of anilines is 3. The van der Waals surface area contributed by atoms with E-state index in [0.717, 1.165) is 44.5 Å². The summed E-state index contributed by atoms with van der Waals surface area (Å²) in [5.41, 5.74) is 1.73. The van der Waals surface area contributed by atoms with E-state index in [4.69, 9.17) is 9.47 Å². The number of fused-ring (bicyclic) bond motifs is 1. The van der Waals surface area contributed by atoms with Gasteiger partial charge in [-0.3, -0.25) is 9.48 Å². The third kappa shape index (κ3) is 7.01. The van der Waals surface area contributed by atoms with Crippen LogP contribution in [0.1, 0.15) is 6.42 Å². The number of benzene rings is 2. The highest BCUT2D eigenvalue weighted by Gasteiger charge is 2.15. The van der Waals surface area contributed by atoms with Crippen LogP contribution in [0.15, 0.2) is 55.1 Å². The molecule has 1 aliphatic rings. The lowest BCUT2D eigenvalue weighted by Gasteiger charge is -2.32. The van der Waals surface area contributed by atoms with E-state index in [1.165, 1.54) is 29.2 Å². The molecular weight excluding hydrogens is 515 g/mol. The van der Waals surface area contributed by atoms with Gasteiger partial charge in [0.15, 0.2) is 11.5 Å². The average molecular weight is 549 g/mol. The molecule has 40 heavy (non-hydrogen) atoms. The van der Waals surface area contributed by atoms with Crippen LogP contribution < -0.4 is 20.1 Å². The van der Waals surface area contributed by atoms with E-state index in [1.54, 1.807) is 25.6 Å². The molecule has 2 aromatic heterocycles. The lowest BCUT2D eigenvalue weighted by Crippen LogP contribution is -2.44. The van der Waals surface area contributed by atoms with Crippen LogP contribution in [-0.2, 0) is 11.3 Å². The third-order valence-corrected chi connectivity index (χ3v) is 6.70. The third-order valence-electron chi connectivity index (χ3n) is 6.70. The zero-order valence-electron chi connectivity index (χ0n) is 22.6. The quantitative estimate of drug-likeness (QED) is 0.273. The van der Waals surface area contributed by atoms with Crippen LogP contribution in [-0.4, -0.2) is 88.9 Å². The predicted molar refractivity (Wildman–Crippen MR) is 151 cm³/mol.